The molecule has 0 saturated heterocycles. The Morgan fingerprint density at radius 3 is 2.70 bits per heavy atom. The highest BCUT2D eigenvalue weighted by Gasteiger charge is 2.23. The summed E-state index contributed by atoms with van der Waals surface area (Å²) in [5.74, 6) is -0.439. The summed E-state index contributed by atoms with van der Waals surface area (Å²) in [6, 6.07) is 6.79. The fourth-order valence-corrected chi connectivity index (χ4v) is 2.94. The Labute approximate surface area is 115 Å². The number of pyridine rings is 1. The van der Waals surface area contributed by atoms with Crippen LogP contribution in [0, 0.1) is 5.82 Å². The lowest BCUT2D eigenvalue weighted by molar-refractivity contribution is 0.464. The number of nitrogens with one attached hydrogen (secondary N) is 1. The molecule has 2 aromatic rings. The van der Waals surface area contributed by atoms with Crippen LogP contribution in [-0.4, -0.2) is 24.8 Å². The van der Waals surface area contributed by atoms with Crippen LogP contribution in [0.1, 0.15) is 5.56 Å². The molecule has 0 radical (unpaired) electrons. The second kappa shape index (κ2) is 5.56. The Hall–Kier alpha value is -1.99. The number of nitrogens with zero attached hydrogens (tertiary/aromatic N) is 1. The predicted octanol–water partition coefficient (Wildman–Crippen LogP) is 1.33. The van der Waals surface area contributed by atoms with Gasteiger partial charge in [0.15, 0.2) is 0 Å². The number of aromatic nitrogens is 1. The van der Waals surface area contributed by atoms with Crippen LogP contribution in [0.5, 0.6) is 0 Å². The first-order chi connectivity index (χ1) is 9.41. The first-order valence-corrected chi connectivity index (χ1v) is 7.23. The fourth-order valence-electron chi connectivity index (χ4n) is 1.75. The maximum Gasteiger partial charge on any atom is 0.248 e. The zero-order chi connectivity index (χ0) is 14.8. The highest BCUT2D eigenvalue weighted by atomic mass is 32.2. The molecule has 0 aliphatic heterocycles. The van der Waals surface area contributed by atoms with Crippen LogP contribution in [0.3, 0.4) is 0 Å². The SMILES string of the molecule is CN(Cc1cccc(F)c1)S(=O)(=O)c1c[nH]ccc1=O. The second-order valence-electron chi connectivity index (χ2n) is 4.26. The molecule has 0 fully saturated rings. The predicted molar refractivity (Wildman–Crippen MR) is 72.1 cm³/mol. The van der Waals surface area contributed by atoms with Crippen molar-refractivity contribution in [2.45, 2.75) is 11.4 Å². The summed E-state index contributed by atoms with van der Waals surface area (Å²) in [6.45, 7) is -0.0194. The number of rotatable bonds is 4. The van der Waals surface area contributed by atoms with Crippen molar-refractivity contribution >= 4 is 10.0 Å². The van der Waals surface area contributed by atoms with Gasteiger partial charge in [-0.25, -0.2) is 12.8 Å². The van der Waals surface area contributed by atoms with Crippen molar-refractivity contribution in [1.29, 1.82) is 0 Å². The average molecular weight is 296 g/mol. The summed E-state index contributed by atoms with van der Waals surface area (Å²) < 4.78 is 38.6. The van der Waals surface area contributed by atoms with Crippen LogP contribution in [0.25, 0.3) is 0 Å². The maximum absolute atomic E-state index is 13.1. The van der Waals surface area contributed by atoms with Crippen molar-refractivity contribution in [2.24, 2.45) is 0 Å². The van der Waals surface area contributed by atoms with Crippen molar-refractivity contribution in [1.82, 2.24) is 9.29 Å². The zero-order valence-corrected chi connectivity index (χ0v) is 11.5. The third-order valence-electron chi connectivity index (χ3n) is 2.77. The van der Waals surface area contributed by atoms with Crippen LogP contribution in [0.2, 0.25) is 0 Å². The van der Waals surface area contributed by atoms with Crippen molar-refractivity contribution in [3.05, 3.63) is 64.3 Å². The fraction of sp³-hybridized carbons (Fsp3) is 0.154. The smallest absolute Gasteiger partial charge is 0.248 e. The molecule has 0 bridgehead atoms. The Morgan fingerprint density at radius 2 is 2.05 bits per heavy atom. The number of halogens is 1. The largest absolute Gasteiger partial charge is 0.366 e. The quantitative estimate of drug-likeness (QED) is 0.925. The van der Waals surface area contributed by atoms with Gasteiger partial charge >= 0.3 is 0 Å². The molecule has 1 N–H and O–H groups in total. The van der Waals surface area contributed by atoms with E-state index < -0.39 is 21.3 Å². The lowest BCUT2D eigenvalue weighted by Crippen LogP contribution is -2.30. The summed E-state index contributed by atoms with van der Waals surface area (Å²) in [5, 5.41) is 0. The number of sulfonamides is 1. The van der Waals surface area contributed by atoms with Crippen molar-refractivity contribution < 1.29 is 12.8 Å². The second-order valence-corrected chi connectivity index (χ2v) is 6.28. The molecule has 1 heterocycles. The van der Waals surface area contributed by atoms with Gasteiger partial charge in [-0.2, -0.15) is 4.31 Å². The van der Waals surface area contributed by atoms with Gasteiger partial charge in [0, 0.05) is 32.1 Å². The average Bonchev–Trinajstić information content (AvgIpc) is 2.39. The number of hydrogen-bond acceptors (Lipinski definition) is 3. The Bertz CT molecular complexity index is 771. The van der Waals surface area contributed by atoms with E-state index in [9.17, 15) is 17.6 Å². The Morgan fingerprint density at radius 1 is 1.30 bits per heavy atom. The van der Waals surface area contributed by atoms with Gasteiger partial charge in [0.2, 0.25) is 15.5 Å². The number of benzene rings is 1. The van der Waals surface area contributed by atoms with Gasteiger partial charge in [0.05, 0.1) is 0 Å². The summed E-state index contributed by atoms with van der Waals surface area (Å²) in [6.07, 6.45) is 2.49. The zero-order valence-electron chi connectivity index (χ0n) is 10.7. The van der Waals surface area contributed by atoms with Crippen molar-refractivity contribution in [3.63, 3.8) is 0 Å². The number of hydrogen-bond donors (Lipinski definition) is 1. The van der Waals surface area contributed by atoms with E-state index >= 15 is 0 Å². The molecule has 0 saturated carbocycles. The van der Waals surface area contributed by atoms with E-state index in [1.54, 1.807) is 6.07 Å². The third-order valence-corrected chi connectivity index (χ3v) is 4.60. The lowest BCUT2D eigenvalue weighted by Gasteiger charge is -2.16. The molecule has 0 atom stereocenters. The molecule has 0 aliphatic rings. The van der Waals surface area contributed by atoms with E-state index in [1.807, 2.05) is 0 Å². The summed E-state index contributed by atoms with van der Waals surface area (Å²) >= 11 is 0. The highest BCUT2D eigenvalue weighted by Crippen LogP contribution is 2.13. The molecule has 1 aromatic carbocycles. The minimum atomic E-state index is -3.91. The third kappa shape index (κ3) is 2.94. The van der Waals surface area contributed by atoms with E-state index in [-0.39, 0.29) is 11.4 Å². The maximum atomic E-state index is 13.1. The lowest BCUT2D eigenvalue weighted by atomic mass is 10.2. The highest BCUT2D eigenvalue weighted by molar-refractivity contribution is 7.89. The molecule has 20 heavy (non-hydrogen) atoms. The van der Waals surface area contributed by atoms with Crippen LogP contribution >= 0.6 is 0 Å². The van der Waals surface area contributed by atoms with Crippen LogP contribution in [-0.2, 0) is 16.6 Å². The van der Waals surface area contributed by atoms with E-state index in [0.29, 0.717) is 5.56 Å². The molecule has 5 nitrogen and oxygen atoms in total. The normalized spacial score (nSPS) is 11.8. The van der Waals surface area contributed by atoms with E-state index in [0.717, 1.165) is 16.6 Å². The Kier molecular flexibility index (Phi) is 4.01. The minimum absolute atomic E-state index is 0.0194. The van der Waals surface area contributed by atoms with Crippen molar-refractivity contribution in [3.8, 4) is 0 Å². The minimum Gasteiger partial charge on any atom is -0.366 e. The van der Waals surface area contributed by atoms with Gasteiger partial charge < -0.3 is 4.98 Å². The van der Waals surface area contributed by atoms with Crippen LogP contribution in [0.15, 0.2) is 52.4 Å². The molecule has 0 spiro atoms. The van der Waals surface area contributed by atoms with E-state index in [1.165, 1.54) is 31.4 Å². The Balaban J connectivity index is 2.31. The molecule has 0 unspecified atom stereocenters. The van der Waals surface area contributed by atoms with Gasteiger partial charge in [-0.1, -0.05) is 12.1 Å². The first kappa shape index (κ1) is 14.4. The number of aromatic amines is 1. The molecule has 1 aromatic heterocycles. The monoisotopic (exact) mass is 296 g/mol. The summed E-state index contributed by atoms with van der Waals surface area (Å²) in [5.41, 5.74) is -0.0849. The standard InChI is InChI=1S/C13H13FN2O3S/c1-16(9-10-3-2-4-11(14)7-10)20(18,19)13-8-15-6-5-12(13)17/h2-8H,9H2,1H3,(H,15,17). The summed E-state index contributed by atoms with van der Waals surface area (Å²) in [7, 11) is -2.57. The topological polar surface area (TPSA) is 70.2 Å². The van der Waals surface area contributed by atoms with E-state index in [4.69, 9.17) is 0 Å². The molecule has 0 aliphatic carbocycles. The molecule has 0 amide bonds. The van der Waals surface area contributed by atoms with Gasteiger partial charge in [0.1, 0.15) is 10.7 Å². The van der Waals surface area contributed by atoms with Crippen LogP contribution in [0.4, 0.5) is 4.39 Å². The van der Waals surface area contributed by atoms with Gasteiger partial charge in [-0.3, -0.25) is 4.79 Å². The molecular formula is C13H13FN2O3S. The molecule has 2 rings (SSSR count). The summed E-state index contributed by atoms with van der Waals surface area (Å²) in [4.78, 5) is 13.8. The van der Waals surface area contributed by atoms with Crippen LogP contribution < -0.4 is 5.43 Å². The van der Waals surface area contributed by atoms with Gasteiger partial charge in [-0.05, 0) is 17.7 Å². The van der Waals surface area contributed by atoms with E-state index in [2.05, 4.69) is 4.98 Å². The number of H-pyrrole nitrogens is 1. The molecule has 106 valence electrons. The van der Waals surface area contributed by atoms with Gasteiger partial charge in [-0.15, -0.1) is 0 Å². The molecular weight excluding hydrogens is 283 g/mol. The van der Waals surface area contributed by atoms with Gasteiger partial charge in [0.25, 0.3) is 0 Å². The van der Waals surface area contributed by atoms with Crippen molar-refractivity contribution in [2.75, 3.05) is 7.05 Å². The first-order valence-electron chi connectivity index (χ1n) is 5.79. The molecule has 7 heteroatoms.